The van der Waals surface area contributed by atoms with Crippen molar-refractivity contribution in [3.05, 3.63) is 76.8 Å². The third-order valence-electron chi connectivity index (χ3n) is 7.40. The minimum atomic E-state index is -4.34. The Balaban J connectivity index is 1.40. The van der Waals surface area contributed by atoms with Crippen molar-refractivity contribution < 1.29 is 32.2 Å². The maximum absolute atomic E-state index is 13.6. The van der Waals surface area contributed by atoms with Crippen LogP contribution in [0.5, 0.6) is 5.75 Å². The number of halogens is 3. The minimum absolute atomic E-state index is 0.0357. The monoisotopic (exact) mass is 502 g/mol. The van der Waals surface area contributed by atoms with E-state index in [9.17, 15) is 23.1 Å². The molecule has 0 radical (unpaired) electrons. The molecule has 1 N–H and O–H groups in total. The number of furan rings is 1. The van der Waals surface area contributed by atoms with Crippen LogP contribution in [0.15, 0.2) is 64.3 Å². The molecule has 7 heteroatoms. The van der Waals surface area contributed by atoms with Gasteiger partial charge in [-0.2, -0.15) is 13.2 Å². The summed E-state index contributed by atoms with van der Waals surface area (Å²) in [4.78, 5) is 13.6. The van der Waals surface area contributed by atoms with E-state index in [0.29, 0.717) is 43.6 Å². The summed E-state index contributed by atoms with van der Waals surface area (Å²) in [5.74, 6) is 0.688. The van der Waals surface area contributed by atoms with E-state index < -0.39 is 23.8 Å². The molecule has 194 valence electrons. The van der Waals surface area contributed by atoms with Gasteiger partial charge in [-0.3, -0.25) is 4.79 Å². The molecule has 0 spiro atoms. The molecule has 2 aliphatic carbocycles. The lowest BCUT2D eigenvalue weighted by atomic mass is 9.70. The van der Waals surface area contributed by atoms with Crippen molar-refractivity contribution >= 4 is 5.78 Å². The molecule has 2 aromatic rings. The molecule has 0 amide bonds. The highest BCUT2D eigenvalue weighted by Gasteiger charge is 2.39. The van der Waals surface area contributed by atoms with Crippen LogP contribution >= 0.6 is 0 Å². The molecule has 4 nitrogen and oxygen atoms in total. The van der Waals surface area contributed by atoms with Crippen LogP contribution in [0.3, 0.4) is 0 Å². The Bertz CT molecular complexity index is 1120. The zero-order chi connectivity index (χ0) is 26.0. The molecule has 2 aliphatic rings. The first kappa shape index (κ1) is 26.3. The first-order valence-electron chi connectivity index (χ1n) is 12.4. The smallest absolute Gasteiger partial charge is 0.416 e. The molecule has 0 bridgehead atoms. The lowest BCUT2D eigenvalue weighted by Crippen LogP contribution is -2.35. The fraction of sp³-hybridized carbons (Fsp3) is 0.483. The molecular formula is C29H33F3O4. The molecular weight excluding hydrogens is 469 g/mol. The number of methoxy groups -OCH3 is 1. The summed E-state index contributed by atoms with van der Waals surface area (Å²) in [6.45, 7) is 3.98. The molecule has 36 heavy (non-hydrogen) atoms. The highest BCUT2D eigenvalue weighted by Crippen LogP contribution is 2.42. The van der Waals surface area contributed by atoms with Crippen molar-refractivity contribution in [2.75, 3.05) is 7.11 Å². The molecule has 1 saturated carbocycles. The Hall–Kier alpha value is -2.80. The van der Waals surface area contributed by atoms with Crippen molar-refractivity contribution in [2.24, 2.45) is 17.8 Å². The lowest BCUT2D eigenvalue weighted by Gasteiger charge is -2.35. The fourth-order valence-corrected chi connectivity index (χ4v) is 5.56. The van der Waals surface area contributed by atoms with Gasteiger partial charge in [0.15, 0.2) is 5.75 Å². The SMILES string of the molecule is COc1coc(C(C(=O)C2C[C@H](O)C[C@@H](C3=CC=C(Cc4ccc(C(F)(F)F)cc4)C3)C2)C(C)C)c1. The first-order chi connectivity index (χ1) is 17.0. The predicted molar refractivity (Wildman–Crippen MR) is 131 cm³/mol. The van der Waals surface area contributed by atoms with E-state index in [1.807, 2.05) is 19.9 Å². The van der Waals surface area contributed by atoms with Gasteiger partial charge in [-0.15, -0.1) is 0 Å². The predicted octanol–water partition coefficient (Wildman–Crippen LogP) is 6.89. The Morgan fingerprint density at radius 1 is 1.14 bits per heavy atom. The van der Waals surface area contributed by atoms with Crippen molar-refractivity contribution in [1.29, 1.82) is 0 Å². The van der Waals surface area contributed by atoms with Gasteiger partial charge in [0.2, 0.25) is 0 Å². The average Bonchev–Trinajstić information content (AvgIpc) is 3.48. The highest BCUT2D eigenvalue weighted by molar-refractivity contribution is 5.88. The normalized spacial score (nSPS) is 23.4. The summed E-state index contributed by atoms with van der Waals surface area (Å²) in [6, 6.07) is 7.04. The summed E-state index contributed by atoms with van der Waals surface area (Å²) in [7, 11) is 1.55. The minimum Gasteiger partial charge on any atom is -0.493 e. The standard InChI is InChI=1S/C29H33F3O4/c1-17(2)27(26-15-25(35-3)16-36-26)28(34)22-12-21(13-24(33)14-22)20-7-4-19(11-20)10-18-5-8-23(9-6-18)29(30,31)32/h4-9,15-17,21-22,24,27,33H,10-14H2,1-3H3/t21-,22?,24+,27?/m0/s1. The van der Waals surface area contributed by atoms with Gasteiger partial charge in [-0.25, -0.2) is 0 Å². The van der Waals surface area contributed by atoms with E-state index in [4.69, 9.17) is 9.15 Å². The van der Waals surface area contributed by atoms with Gasteiger partial charge in [-0.1, -0.05) is 49.3 Å². The zero-order valence-corrected chi connectivity index (χ0v) is 20.8. The molecule has 0 saturated heterocycles. The van der Waals surface area contributed by atoms with Gasteiger partial charge in [-0.05, 0) is 61.6 Å². The molecule has 0 aliphatic heterocycles. The van der Waals surface area contributed by atoms with Crippen molar-refractivity contribution in [3.63, 3.8) is 0 Å². The van der Waals surface area contributed by atoms with Crippen molar-refractivity contribution in [2.45, 2.75) is 64.1 Å². The van der Waals surface area contributed by atoms with Gasteiger partial charge >= 0.3 is 6.18 Å². The van der Waals surface area contributed by atoms with Crippen LogP contribution in [0.2, 0.25) is 0 Å². The Labute approximate surface area is 209 Å². The van der Waals surface area contributed by atoms with Gasteiger partial charge in [0.25, 0.3) is 0 Å². The van der Waals surface area contributed by atoms with Gasteiger partial charge < -0.3 is 14.3 Å². The highest BCUT2D eigenvalue weighted by atomic mass is 19.4. The summed E-state index contributed by atoms with van der Waals surface area (Å²) < 4.78 is 49.4. The van der Waals surface area contributed by atoms with E-state index in [-0.39, 0.29) is 23.5 Å². The lowest BCUT2D eigenvalue weighted by molar-refractivity contribution is -0.137. The summed E-state index contributed by atoms with van der Waals surface area (Å²) in [5.41, 5.74) is 2.48. The van der Waals surface area contributed by atoms with Gasteiger partial charge in [0.1, 0.15) is 17.8 Å². The zero-order valence-electron chi connectivity index (χ0n) is 20.8. The summed E-state index contributed by atoms with van der Waals surface area (Å²) >= 11 is 0. The molecule has 1 aromatic carbocycles. The first-order valence-corrected chi connectivity index (χ1v) is 12.4. The number of hydrogen-bond donors (Lipinski definition) is 1. The van der Waals surface area contributed by atoms with Crippen LogP contribution in [-0.4, -0.2) is 24.1 Å². The quantitative estimate of drug-likeness (QED) is 0.427. The number of allylic oxidation sites excluding steroid dienone is 4. The summed E-state index contributed by atoms with van der Waals surface area (Å²) in [6.07, 6.45) is 3.69. The number of aliphatic hydroxyl groups is 1. The number of alkyl halides is 3. The van der Waals surface area contributed by atoms with E-state index in [1.54, 1.807) is 13.2 Å². The fourth-order valence-electron chi connectivity index (χ4n) is 5.56. The van der Waals surface area contributed by atoms with E-state index in [2.05, 4.69) is 6.08 Å². The summed E-state index contributed by atoms with van der Waals surface area (Å²) in [5, 5.41) is 10.7. The average molecular weight is 503 g/mol. The number of ether oxygens (including phenoxy) is 1. The topological polar surface area (TPSA) is 59.7 Å². The Kier molecular flexibility index (Phi) is 7.79. The Morgan fingerprint density at radius 2 is 1.86 bits per heavy atom. The molecule has 1 heterocycles. The number of ketones is 1. The van der Waals surface area contributed by atoms with Crippen LogP contribution in [0, 0.1) is 17.8 Å². The number of benzene rings is 1. The third-order valence-corrected chi connectivity index (χ3v) is 7.40. The van der Waals surface area contributed by atoms with Crippen LogP contribution in [0.4, 0.5) is 13.2 Å². The van der Waals surface area contributed by atoms with Crippen LogP contribution < -0.4 is 4.74 Å². The third kappa shape index (κ3) is 5.94. The number of carbonyl (C=O) groups is 1. The Morgan fingerprint density at radius 3 is 2.47 bits per heavy atom. The van der Waals surface area contributed by atoms with Gasteiger partial charge in [0.05, 0.1) is 24.7 Å². The second kappa shape index (κ2) is 10.7. The largest absolute Gasteiger partial charge is 0.493 e. The second-order valence-electron chi connectivity index (χ2n) is 10.4. The second-order valence-corrected chi connectivity index (χ2v) is 10.4. The number of Topliss-reactive ketones (excluding diaryl/α,β-unsaturated/α-hetero) is 1. The van der Waals surface area contributed by atoms with Crippen LogP contribution in [0.1, 0.15) is 62.3 Å². The van der Waals surface area contributed by atoms with Crippen LogP contribution in [0.25, 0.3) is 0 Å². The van der Waals surface area contributed by atoms with E-state index in [1.165, 1.54) is 24.0 Å². The number of carbonyl (C=O) groups excluding carboxylic acids is 1. The van der Waals surface area contributed by atoms with E-state index in [0.717, 1.165) is 23.3 Å². The molecule has 2 unspecified atom stereocenters. The maximum atomic E-state index is 13.6. The number of rotatable bonds is 8. The maximum Gasteiger partial charge on any atom is 0.416 e. The number of hydrogen-bond acceptors (Lipinski definition) is 4. The molecule has 4 rings (SSSR count). The van der Waals surface area contributed by atoms with Gasteiger partial charge in [0, 0.05) is 12.0 Å². The van der Waals surface area contributed by atoms with Crippen LogP contribution in [-0.2, 0) is 17.4 Å². The molecule has 1 aromatic heterocycles. The number of aliphatic hydroxyl groups excluding tert-OH is 1. The van der Waals surface area contributed by atoms with Crippen molar-refractivity contribution in [1.82, 2.24) is 0 Å². The molecule has 4 atom stereocenters. The molecule has 1 fully saturated rings. The van der Waals surface area contributed by atoms with E-state index >= 15 is 0 Å². The van der Waals surface area contributed by atoms with Crippen molar-refractivity contribution in [3.8, 4) is 5.75 Å².